The third-order valence-electron chi connectivity index (χ3n) is 5.14. The number of benzene rings is 3. The van der Waals surface area contributed by atoms with Crippen LogP contribution in [0.5, 0.6) is 0 Å². The minimum atomic E-state index is -0.534. The Labute approximate surface area is 179 Å². The molecule has 0 radical (unpaired) electrons. The van der Waals surface area contributed by atoms with Crippen molar-refractivity contribution >= 4 is 61.8 Å². The van der Waals surface area contributed by atoms with Crippen molar-refractivity contribution in [2.45, 2.75) is 0 Å². The van der Waals surface area contributed by atoms with Gasteiger partial charge >= 0.3 is 5.63 Å². The van der Waals surface area contributed by atoms with Gasteiger partial charge in [0.2, 0.25) is 0 Å². The van der Waals surface area contributed by atoms with Gasteiger partial charge in [-0.25, -0.2) is 14.8 Å². The number of rotatable bonds is 1. The van der Waals surface area contributed by atoms with Crippen LogP contribution >= 0.6 is 23.2 Å². The monoisotopic (exact) mass is 431 g/mol. The SMILES string of the molecule is O=c1oc2c(Cl)cc(Cl)cc2cc1-c1nc2ccccc2c2nc3ccccc3n12. The number of aromatic nitrogens is 3. The van der Waals surface area contributed by atoms with E-state index >= 15 is 0 Å². The molecule has 0 saturated heterocycles. The Morgan fingerprint density at radius 3 is 2.50 bits per heavy atom. The molecule has 30 heavy (non-hydrogen) atoms. The molecule has 5 nitrogen and oxygen atoms in total. The van der Waals surface area contributed by atoms with Crippen LogP contribution in [0.2, 0.25) is 10.0 Å². The second-order valence-electron chi connectivity index (χ2n) is 6.97. The molecule has 0 N–H and O–H groups in total. The molecular formula is C23H11Cl2N3O2. The molecule has 3 aromatic heterocycles. The third-order valence-corrected chi connectivity index (χ3v) is 5.64. The number of hydrogen-bond acceptors (Lipinski definition) is 4. The highest BCUT2D eigenvalue weighted by atomic mass is 35.5. The zero-order valence-electron chi connectivity index (χ0n) is 15.3. The van der Waals surface area contributed by atoms with Gasteiger partial charge in [0, 0.05) is 15.8 Å². The van der Waals surface area contributed by atoms with Crippen molar-refractivity contribution in [3.63, 3.8) is 0 Å². The van der Waals surface area contributed by atoms with Crippen LogP contribution in [0.3, 0.4) is 0 Å². The first-order valence-electron chi connectivity index (χ1n) is 9.19. The van der Waals surface area contributed by atoms with Crippen molar-refractivity contribution in [2.24, 2.45) is 0 Å². The van der Waals surface area contributed by atoms with Crippen LogP contribution in [0.4, 0.5) is 0 Å². The Morgan fingerprint density at radius 1 is 0.867 bits per heavy atom. The van der Waals surface area contributed by atoms with E-state index in [0.29, 0.717) is 27.4 Å². The van der Waals surface area contributed by atoms with Gasteiger partial charge in [-0.2, -0.15) is 0 Å². The highest BCUT2D eigenvalue weighted by molar-refractivity contribution is 6.38. The van der Waals surface area contributed by atoms with Crippen molar-refractivity contribution < 1.29 is 4.42 Å². The number of para-hydroxylation sites is 3. The van der Waals surface area contributed by atoms with Crippen LogP contribution in [-0.2, 0) is 0 Å². The second-order valence-corrected chi connectivity index (χ2v) is 7.81. The van der Waals surface area contributed by atoms with E-state index in [0.717, 1.165) is 27.6 Å². The number of halogens is 2. The van der Waals surface area contributed by atoms with Crippen molar-refractivity contribution in [3.8, 4) is 11.4 Å². The molecule has 0 aliphatic heterocycles. The normalized spacial score (nSPS) is 11.8. The summed E-state index contributed by atoms with van der Waals surface area (Å²) in [7, 11) is 0. The lowest BCUT2D eigenvalue weighted by atomic mass is 10.1. The molecule has 3 aromatic carbocycles. The quantitative estimate of drug-likeness (QED) is 0.294. The van der Waals surface area contributed by atoms with Gasteiger partial charge in [0.05, 0.1) is 21.6 Å². The van der Waals surface area contributed by atoms with Crippen LogP contribution in [-0.4, -0.2) is 14.4 Å². The van der Waals surface area contributed by atoms with E-state index in [4.69, 9.17) is 37.6 Å². The van der Waals surface area contributed by atoms with Crippen molar-refractivity contribution in [2.75, 3.05) is 0 Å². The van der Waals surface area contributed by atoms with E-state index in [1.54, 1.807) is 18.2 Å². The van der Waals surface area contributed by atoms with Crippen molar-refractivity contribution in [1.82, 2.24) is 14.4 Å². The number of nitrogens with zero attached hydrogens (tertiary/aromatic N) is 3. The van der Waals surface area contributed by atoms with Gasteiger partial charge in [0.1, 0.15) is 11.2 Å². The summed E-state index contributed by atoms with van der Waals surface area (Å²) in [5, 5.41) is 2.26. The molecule has 0 unspecified atom stereocenters. The minimum Gasteiger partial charge on any atom is -0.421 e. The summed E-state index contributed by atoms with van der Waals surface area (Å²) in [4.78, 5) is 22.6. The molecular weight excluding hydrogens is 421 g/mol. The lowest BCUT2D eigenvalue weighted by molar-refractivity contribution is 0.563. The molecule has 0 saturated carbocycles. The molecule has 0 atom stereocenters. The van der Waals surface area contributed by atoms with Crippen molar-refractivity contribution in [1.29, 1.82) is 0 Å². The maximum absolute atomic E-state index is 13.0. The van der Waals surface area contributed by atoms with Gasteiger partial charge in [-0.05, 0) is 42.5 Å². The fraction of sp³-hybridized carbons (Fsp3) is 0. The van der Waals surface area contributed by atoms with Gasteiger partial charge in [-0.3, -0.25) is 4.40 Å². The first-order valence-corrected chi connectivity index (χ1v) is 9.95. The predicted octanol–water partition coefficient (Wildman–Crippen LogP) is 6.12. The van der Waals surface area contributed by atoms with Crippen molar-refractivity contribution in [3.05, 3.63) is 87.2 Å². The van der Waals surface area contributed by atoms with Gasteiger partial charge in [0.25, 0.3) is 0 Å². The Morgan fingerprint density at radius 2 is 1.63 bits per heavy atom. The van der Waals surface area contributed by atoms with E-state index in [2.05, 4.69) is 0 Å². The molecule has 0 amide bonds. The number of hydrogen-bond donors (Lipinski definition) is 0. The van der Waals surface area contributed by atoms with E-state index in [1.807, 2.05) is 52.9 Å². The molecule has 7 heteroatoms. The summed E-state index contributed by atoms with van der Waals surface area (Å²) in [6.45, 7) is 0. The Hall–Kier alpha value is -3.41. The fourth-order valence-electron chi connectivity index (χ4n) is 3.84. The van der Waals surface area contributed by atoms with Gasteiger partial charge in [-0.1, -0.05) is 47.5 Å². The van der Waals surface area contributed by atoms with Crippen LogP contribution in [0.25, 0.3) is 49.9 Å². The number of imidazole rings is 1. The smallest absolute Gasteiger partial charge is 0.347 e. The van der Waals surface area contributed by atoms with Crippen LogP contribution < -0.4 is 5.63 Å². The molecule has 0 aliphatic rings. The topological polar surface area (TPSA) is 60.4 Å². The fourth-order valence-corrected chi connectivity index (χ4v) is 4.39. The first kappa shape index (κ1) is 17.4. The lowest BCUT2D eigenvalue weighted by Gasteiger charge is -2.09. The van der Waals surface area contributed by atoms with E-state index in [9.17, 15) is 4.79 Å². The standard InChI is InChI=1S/C23H11Cl2N3O2/c24-13-9-12-10-15(23(29)30-20(12)16(25)11-13)22-26-17-6-2-1-5-14(17)21-27-18-7-3-4-8-19(18)28(21)22/h1-11H. The molecule has 144 valence electrons. The lowest BCUT2D eigenvalue weighted by Crippen LogP contribution is -2.08. The first-order chi connectivity index (χ1) is 14.6. The average molecular weight is 432 g/mol. The number of fused-ring (bicyclic) bond motifs is 6. The predicted molar refractivity (Wildman–Crippen MR) is 119 cm³/mol. The largest absolute Gasteiger partial charge is 0.421 e. The van der Waals surface area contributed by atoms with Gasteiger partial charge < -0.3 is 4.42 Å². The Balaban J connectivity index is 1.82. The Bertz CT molecular complexity index is 1700. The molecule has 0 bridgehead atoms. The van der Waals surface area contributed by atoms with Gasteiger partial charge in [-0.15, -0.1) is 0 Å². The molecule has 6 rings (SSSR count). The summed E-state index contributed by atoms with van der Waals surface area (Å²) in [6, 6.07) is 20.4. The van der Waals surface area contributed by atoms with Crippen LogP contribution in [0.1, 0.15) is 0 Å². The summed E-state index contributed by atoms with van der Waals surface area (Å²) < 4.78 is 7.45. The maximum Gasteiger partial charge on any atom is 0.347 e. The minimum absolute atomic E-state index is 0.283. The summed E-state index contributed by atoms with van der Waals surface area (Å²) >= 11 is 12.4. The zero-order chi connectivity index (χ0) is 20.4. The van der Waals surface area contributed by atoms with Crippen LogP contribution in [0.15, 0.2) is 75.9 Å². The molecule has 0 fully saturated rings. The second kappa shape index (κ2) is 6.29. The maximum atomic E-state index is 13.0. The molecule has 6 aromatic rings. The summed E-state index contributed by atoms with van der Waals surface area (Å²) in [5.41, 5.74) is 3.19. The molecule has 0 aliphatic carbocycles. The summed E-state index contributed by atoms with van der Waals surface area (Å²) in [5.74, 6) is 0.448. The van der Waals surface area contributed by atoms with E-state index < -0.39 is 5.63 Å². The third kappa shape index (κ3) is 2.46. The van der Waals surface area contributed by atoms with Gasteiger partial charge in [0.15, 0.2) is 11.4 Å². The van der Waals surface area contributed by atoms with E-state index in [1.165, 1.54) is 0 Å². The molecule has 3 heterocycles. The highest BCUT2D eigenvalue weighted by Crippen LogP contribution is 2.32. The zero-order valence-corrected chi connectivity index (χ0v) is 16.8. The van der Waals surface area contributed by atoms with Crippen LogP contribution in [0, 0.1) is 0 Å². The summed E-state index contributed by atoms with van der Waals surface area (Å²) in [6.07, 6.45) is 0. The highest BCUT2D eigenvalue weighted by Gasteiger charge is 2.19. The molecule has 0 spiro atoms. The Kier molecular flexibility index (Phi) is 3.66. The van der Waals surface area contributed by atoms with E-state index in [-0.39, 0.29) is 5.02 Å². The average Bonchev–Trinajstić information content (AvgIpc) is 3.13.